The molecule has 1 unspecified atom stereocenters. The molecule has 1 atom stereocenters. The van der Waals surface area contributed by atoms with Gasteiger partial charge in [-0.3, -0.25) is 0 Å². The van der Waals surface area contributed by atoms with Crippen LogP contribution in [0.1, 0.15) is 39.0 Å². The maximum absolute atomic E-state index is 5.96. The van der Waals surface area contributed by atoms with E-state index in [9.17, 15) is 0 Å². The first kappa shape index (κ1) is 12.6. The average molecular weight is 261 g/mol. The number of rotatable bonds is 5. The molecule has 4 nitrogen and oxygen atoms in total. The molecule has 3 rings (SSSR count). The van der Waals surface area contributed by atoms with Crippen molar-refractivity contribution in [1.82, 2.24) is 4.98 Å². The molecule has 1 aliphatic carbocycles. The van der Waals surface area contributed by atoms with Crippen LogP contribution in [0.5, 0.6) is 5.88 Å². The number of nitrogens with two attached hydrogens (primary N) is 1. The molecule has 0 radical (unpaired) electrons. The van der Waals surface area contributed by atoms with Crippen LogP contribution in [0.3, 0.4) is 0 Å². The summed E-state index contributed by atoms with van der Waals surface area (Å²) in [5.74, 6) is 2.36. The Balaban J connectivity index is 1.75. The van der Waals surface area contributed by atoms with Gasteiger partial charge in [0.15, 0.2) is 0 Å². The molecule has 1 aliphatic heterocycles. The first-order valence-electron chi connectivity index (χ1n) is 7.44. The van der Waals surface area contributed by atoms with Gasteiger partial charge in [0.05, 0.1) is 12.3 Å². The summed E-state index contributed by atoms with van der Waals surface area (Å²) in [6.07, 6.45) is 6.25. The molecule has 19 heavy (non-hydrogen) atoms. The SMILES string of the molecule is CCC1CCCN1c1ccc(N)c(OCC2CC2)n1. The van der Waals surface area contributed by atoms with E-state index in [4.69, 9.17) is 10.5 Å². The minimum Gasteiger partial charge on any atom is -0.476 e. The second-order valence-electron chi connectivity index (χ2n) is 5.72. The Morgan fingerprint density at radius 3 is 2.95 bits per heavy atom. The van der Waals surface area contributed by atoms with Gasteiger partial charge in [-0.2, -0.15) is 4.98 Å². The van der Waals surface area contributed by atoms with Crippen molar-refractivity contribution in [3.63, 3.8) is 0 Å². The second kappa shape index (κ2) is 5.27. The first-order valence-corrected chi connectivity index (χ1v) is 7.44. The van der Waals surface area contributed by atoms with Crippen molar-refractivity contribution in [2.75, 3.05) is 23.8 Å². The Bertz CT molecular complexity index is 445. The molecule has 4 heteroatoms. The van der Waals surface area contributed by atoms with Crippen molar-refractivity contribution in [3.8, 4) is 5.88 Å². The van der Waals surface area contributed by atoms with Gasteiger partial charge < -0.3 is 15.4 Å². The Morgan fingerprint density at radius 1 is 1.37 bits per heavy atom. The van der Waals surface area contributed by atoms with Gasteiger partial charge >= 0.3 is 0 Å². The zero-order valence-corrected chi connectivity index (χ0v) is 11.6. The van der Waals surface area contributed by atoms with Crippen molar-refractivity contribution in [1.29, 1.82) is 0 Å². The molecule has 1 aromatic rings. The number of nitrogens with zero attached hydrogens (tertiary/aromatic N) is 2. The van der Waals surface area contributed by atoms with Gasteiger partial charge in [0.1, 0.15) is 5.82 Å². The summed E-state index contributed by atoms with van der Waals surface area (Å²) < 4.78 is 5.77. The Hall–Kier alpha value is -1.45. The molecule has 2 heterocycles. The van der Waals surface area contributed by atoms with Crippen LogP contribution in [0.2, 0.25) is 0 Å². The molecular weight excluding hydrogens is 238 g/mol. The third-order valence-electron chi connectivity index (χ3n) is 4.17. The highest BCUT2D eigenvalue weighted by Gasteiger charge is 2.25. The quantitative estimate of drug-likeness (QED) is 0.885. The smallest absolute Gasteiger partial charge is 0.239 e. The maximum atomic E-state index is 5.96. The van der Waals surface area contributed by atoms with Crippen LogP contribution in [0, 0.1) is 5.92 Å². The average Bonchev–Trinajstić information content (AvgIpc) is 3.13. The van der Waals surface area contributed by atoms with E-state index in [-0.39, 0.29) is 0 Å². The van der Waals surface area contributed by atoms with Gasteiger partial charge in [-0.05, 0) is 50.2 Å². The summed E-state index contributed by atoms with van der Waals surface area (Å²) in [7, 11) is 0. The Kier molecular flexibility index (Phi) is 3.49. The van der Waals surface area contributed by atoms with Crippen LogP contribution in [-0.4, -0.2) is 24.2 Å². The van der Waals surface area contributed by atoms with Gasteiger partial charge in [-0.15, -0.1) is 0 Å². The van der Waals surface area contributed by atoms with E-state index in [0.29, 0.717) is 17.6 Å². The van der Waals surface area contributed by atoms with Crippen LogP contribution in [-0.2, 0) is 0 Å². The van der Waals surface area contributed by atoms with E-state index >= 15 is 0 Å². The van der Waals surface area contributed by atoms with E-state index < -0.39 is 0 Å². The summed E-state index contributed by atoms with van der Waals surface area (Å²) in [6.45, 7) is 4.10. The Labute approximate surface area is 115 Å². The van der Waals surface area contributed by atoms with Crippen molar-refractivity contribution < 1.29 is 4.74 Å². The van der Waals surface area contributed by atoms with E-state index in [1.807, 2.05) is 12.1 Å². The minimum atomic E-state index is 0.617. The highest BCUT2D eigenvalue weighted by Crippen LogP contribution is 2.32. The lowest BCUT2D eigenvalue weighted by Gasteiger charge is -2.25. The van der Waals surface area contributed by atoms with Crippen LogP contribution in [0.15, 0.2) is 12.1 Å². The monoisotopic (exact) mass is 261 g/mol. The normalized spacial score (nSPS) is 22.8. The summed E-state index contributed by atoms with van der Waals surface area (Å²) >= 11 is 0. The number of pyridine rings is 1. The number of nitrogen functional groups attached to an aromatic ring is 1. The van der Waals surface area contributed by atoms with Crippen LogP contribution < -0.4 is 15.4 Å². The van der Waals surface area contributed by atoms with Gasteiger partial charge in [-0.1, -0.05) is 6.92 Å². The van der Waals surface area contributed by atoms with E-state index in [1.165, 1.54) is 32.1 Å². The molecule has 2 N–H and O–H groups in total. The van der Waals surface area contributed by atoms with Gasteiger partial charge in [0.2, 0.25) is 5.88 Å². The van der Waals surface area contributed by atoms with E-state index in [1.54, 1.807) is 0 Å². The second-order valence-corrected chi connectivity index (χ2v) is 5.72. The maximum Gasteiger partial charge on any atom is 0.239 e. The summed E-state index contributed by atoms with van der Waals surface area (Å²) in [5, 5.41) is 0. The molecule has 1 aromatic heterocycles. The third-order valence-corrected chi connectivity index (χ3v) is 4.17. The predicted octanol–water partition coefficient (Wildman–Crippen LogP) is 2.83. The van der Waals surface area contributed by atoms with E-state index in [0.717, 1.165) is 24.9 Å². The molecular formula is C15H23N3O. The zero-order valence-electron chi connectivity index (χ0n) is 11.6. The lowest BCUT2D eigenvalue weighted by Crippen LogP contribution is -2.29. The highest BCUT2D eigenvalue weighted by atomic mass is 16.5. The Morgan fingerprint density at radius 2 is 2.21 bits per heavy atom. The number of hydrogen-bond donors (Lipinski definition) is 1. The first-order chi connectivity index (χ1) is 9.28. The summed E-state index contributed by atoms with van der Waals surface area (Å²) in [4.78, 5) is 7.02. The van der Waals surface area contributed by atoms with Gasteiger partial charge in [-0.25, -0.2) is 0 Å². The summed E-state index contributed by atoms with van der Waals surface area (Å²) in [5.41, 5.74) is 6.61. The van der Waals surface area contributed by atoms with Crippen LogP contribution in [0.25, 0.3) is 0 Å². The molecule has 0 aromatic carbocycles. The lowest BCUT2D eigenvalue weighted by molar-refractivity contribution is 0.290. The molecule has 104 valence electrons. The fourth-order valence-electron chi connectivity index (χ4n) is 2.76. The topological polar surface area (TPSA) is 51.4 Å². The molecule has 1 saturated heterocycles. The van der Waals surface area contributed by atoms with Gasteiger partial charge in [0, 0.05) is 12.6 Å². The number of aromatic nitrogens is 1. The standard InChI is InChI=1S/C15H23N3O/c1-2-12-4-3-9-18(12)14-8-7-13(16)15(17-14)19-10-11-5-6-11/h7-8,11-12H,2-6,9-10,16H2,1H3. The van der Waals surface area contributed by atoms with Crippen LogP contribution >= 0.6 is 0 Å². The van der Waals surface area contributed by atoms with Gasteiger partial charge in [0.25, 0.3) is 0 Å². The molecule has 1 saturated carbocycles. The largest absolute Gasteiger partial charge is 0.476 e. The highest BCUT2D eigenvalue weighted by molar-refractivity contribution is 5.55. The third kappa shape index (κ3) is 2.77. The molecule has 2 aliphatic rings. The van der Waals surface area contributed by atoms with Crippen molar-refractivity contribution in [3.05, 3.63) is 12.1 Å². The fraction of sp³-hybridized carbons (Fsp3) is 0.667. The molecule has 0 spiro atoms. The van der Waals surface area contributed by atoms with Crippen molar-refractivity contribution >= 4 is 11.5 Å². The van der Waals surface area contributed by atoms with E-state index in [2.05, 4.69) is 16.8 Å². The number of anilines is 2. The minimum absolute atomic E-state index is 0.617. The zero-order chi connectivity index (χ0) is 13.2. The molecule has 0 bridgehead atoms. The van der Waals surface area contributed by atoms with Crippen LogP contribution in [0.4, 0.5) is 11.5 Å². The van der Waals surface area contributed by atoms with Crippen molar-refractivity contribution in [2.45, 2.75) is 45.1 Å². The van der Waals surface area contributed by atoms with Crippen molar-refractivity contribution in [2.24, 2.45) is 5.92 Å². The molecule has 2 fully saturated rings. The fourth-order valence-corrected chi connectivity index (χ4v) is 2.76. The molecule has 0 amide bonds. The summed E-state index contributed by atoms with van der Waals surface area (Å²) in [6, 6.07) is 4.57. The lowest BCUT2D eigenvalue weighted by atomic mass is 10.2. The predicted molar refractivity (Wildman–Crippen MR) is 77.5 cm³/mol. The number of ether oxygens (including phenoxy) is 1. The number of hydrogen-bond acceptors (Lipinski definition) is 4.